The molecule has 1 heterocycles. The zero-order valence-electron chi connectivity index (χ0n) is 11.0. The lowest BCUT2D eigenvalue weighted by Gasteiger charge is -2.07. The maximum Gasteiger partial charge on any atom is 0.122 e. The summed E-state index contributed by atoms with van der Waals surface area (Å²) in [5, 5.41) is 3.41. The minimum Gasteiger partial charge on any atom is -0.497 e. The summed E-state index contributed by atoms with van der Waals surface area (Å²) < 4.78 is 5.22. The summed E-state index contributed by atoms with van der Waals surface area (Å²) in [6.45, 7) is 6.05. The van der Waals surface area contributed by atoms with Crippen molar-refractivity contribution in [3.05, 3.63) is 23.5 Å². The zero-order chi connectivity index (χ0) is 12.5. The van der Waals surface area contributed by atoms with E-state index < -0.39 is 0 Å². The monoisotopic (exact) mass is 254 g/mol. The Morgan fingerprint density at radius 1 is 1.41 bits per heavy atom. The van der Waals surface area contributed by atoms with Crippen LogP contribution in [0.4, 0.5) is 0 Å². The predicted octanol–water partition coefficient (Wildman–Crippen LogP) is 2.63. The summed E-state index contributed by atoms with van der Waals surface area (Å²) in [7, 11) is 1.69. The summed E-state index contributed by atoms with van der Waals surface area (Å²) in [5.41, 5.74) is 2.05. The Morgan fingerprint density at radius 3 is 2.94 bits per heavy atom. The zero-order valence-corrected chi connectivity index (χ0v) is 11.8. The summed E-state index contributed by atoms with van der Waals surface area (Å²) in [6.07, 6.45) is 1.21. The van der Waals surface area contributed by atoms with E-state index >= 15 is 0 Å². The molecule has 0 atom stereocenters. The van der Waals surface area contributed by atoms with Crippen molar-refractivity contribution in [1.29, 1.82) is 0 Å². The molecular formula is C13H22N2OS. The lowest BCUT2D eigenvalue weighted by atomic mass is 10.3. The van der Waals surface area contributed by atoms with Gasteiger partial charge in [-0.15, -0.1) is 0 Å². The van der Waals surface area contributed by atoms with Crippen LogP contribution in [0.5, 0.6) is 5.75 Å². The lowest BCUT2D eigenvalue weighted by Crippen LogP contribution is -2.16. The molecule has 4 heteroatoms. The van der Waals surface area contributed by atoms with Gasteiger partial charge in [0.1, 0.15) is 5.75 Å². The first-order chi connectivity index (χ1) is 8.26. The fraction of sp³-hybridized carbons (Fsp3) is 0.615. The molecule has 0 unspecified atom stereocenters. The molecule has 0 bridgehead atoms. The highest BCUT2D eigenvalue weighted by atomic mass is 32.2. The molecule has 0 radical (unpaired) electrons. The van der Waals surface area contributed by atoms with Crippen molar-refractivity contribution in [3.63, 3.8) is 0 Å². The molecule has 96 valence electrons. The van der Waals surface area contributed by atoms with Gasteiger partial charge in [-0.05, 0) is 31.4 Å². The molecule has 0 aromatic carbocycles. The van der Waals surface area contributed by atoms with Crippen LogP contribution < -0.4 is 10.1 Å². The minimum atomic E-state index is 0.814. The van der Waals surface area contributed by atoms with Crippen molar-refractivity contribution in [3.8, 4) is 5.75 Å². The van der Waals surface area contributed by atoms with E-state index in [2.05, 4.69) is 17.2 Å². The second-order valence-electron chi connectivity index (χ2n) is 3.87. The summed E-state index contributed by atoms with van der Waals surface area (Å²) in [4.78, 5) is 4.47. The first-order valence-corrected chi connectivity index (χ1v) is 7.21. The number of nitrogens with one attached hydrogen (secondary N) is 1. The molecule has 0 aliphatic rings. The number of thioether (sulfide) groups is 1. The number of rotatable bonds is 8. The van der Waals surface area contributed by atoms with E-state index in [9.17, 15) is 0 Å². The van der Waals surface area contributed by atoms with Crippen LogP contribution in [0.15, 0.2) is 12.1 Å². The molecule has 0 aliphatic carbocycles. The second-order valence-corrected chi connectivity index (χ2v) is 5.26. The Bertz CT molecular complexity index is 331. The van der Waals surface area contributed by atoms with E-state index in [-0.39, 0.29) is 0 Å². The third kappa shape index (κ3) is 5.94. The van der Waals surface area contributed by atoms with Crippen LogP contribution in [-0.2, 0) is 6.54 Å². The molecule has 3 nitrogen and oxygen atoms in total. The van der Waals surface area contributed by atoms with E-state index in [1.54, 1.807) is 7.11 Å². The Hall–Kier alpha value is -0.740. The maximum atomic E-state index is 5.22. The number of hydrogen-bond donors (Lipinski definition) is 1. The maximum absolute atomic E-state index is 5.22. The van der Waals surface area contributed by atoms with Crippen molar-refractivity contribution in [1.82, 2.24) is 10.3 Å². The molecule has 1 N–H and O–H groups in total. The molecule has 0 saturated carbocycles. The van der Waals surface area contributed by atoms with Gasteiger partial charge in [-0.2, -0.15) is 11.8 Å². The number of nitrogens with zero attached hydrogens (tertiary/aromatic N) is 1. The van der Waals surface area contributed by atoms with E-state index in [0.29, 0.717) is 0 Å². The van der Waals surface area contributed by atoms with Gasteiger partial charge in [-0.3, -0.25) is 4.98 Å². The van der Waals surface area contributed by atoms with Crippen molar-refractivity contribution in [2.24, 2.45) is 0 Å². The van der Waals surface area contributed by atoms with Crippen LogP contribution in [-0.4, -0.2) is 30.1 Å². The van der Waals surface area contributed by atoms with Crippen molar-refractivity contribution < 1.29 is 4.74 Å². The third-order valence-corrected chi connectivity index (χ3v) is 3.35. The molecule has 0 aliphatic heterocycles. The quantitative estimate of drug-likeness (QED) is 0.723. The van der Waals surface area contributed by atoms with Crippen molar-refractivity contribution >= 4 is 11.8 Å². The van der Waals surface area contributed by atoms with Crippen LogP contribution in [0.25, 0.3) is 0 Å². The number of methoxy groups -OCH3 is 1. The average Bonchev–Trinajstić information content (AvgIpc) is 2.33. The highest BCUT2D eigenvalue weighted by Gasteiger charge is 1.99. The highest BCUT2D eigenvalue weighted by molar-refractivity contribution is 7.99. The van der Waals surface area contributed by atoms with E-state index in [4.69, 9.17) is 4.74 Å². The molecule has 0 saturated heterocycles. The Kier molecular flexibility index (Phi) is 7.05. The largest absolute Gasteiger partial charge is 0.497 e. The molecule has 1 rings (SSSR count). The Balaban J connectivity index is 2.28. The second kappa shape index (κ2) is 8.37. The fourth-order valence-electron chi connectivity index (χ4n) is 1.57. The SMILES string of the molecule is CCSCCCNCc1cc(OC)cc(C)n1. The fourth-order valence-corrected chi connectivity index (χ4v) is 2.21. The van der Waals surface area contributed by atoms with Crippen LogP contribution in [0.2, 0.25) is 0 Å². The number of pyridine rings is 1. The van der Waals surface area contributed by atoms with Crippen LogP contribution in [0.3, 0.4) is 0 Å². The molecule has 17 heavy (non-hydrogen) atoms. The van der Waals surface area contributed by atoms with Gasteiger partial charge in [0, 0.05) is 24.4 Å². The molecule has 0 amide bonds. The number of ether oxygens (including phenoxy) is 1. The van der Waals surface area contributed by atoms with E-state index in [1.165, 1.54) is 17.9 Å². The van der Waals surface area contributed by atoms with Gasteiger partial charge in [-0.25, -0.2) is 0 Å². The van der Waals surface area contributed by atoms with Gasteiger partial charge in [0.05, 0.1) is 12.8 Å². The van der Waals surface area contributed by atoms with Gasteiger partial charge in [-0.1, -0.05) is 6.92 Å². The molecular weight excluding hydrogens is 232 g/mol. The van der Waals surface area contributed by atoms with Gasteiger partial charge in [0.2, 0.25) is 0 Å². The molecule has 0 fully saturated rings. The third-order valence-electron chi connectivity index (χ3n) is 2.37. The molecule has 1 aromatic rings. The average molecular weight is 254 g/mol. The van der Waals surface area contributed by atoms with Crippen LogP contribution in [0.1, 0.15) is 24.7 Å². The first-order valence-electron chi connectivity index (χ1n) is 6.06. The van der Waals surface area contributed by atoms with Crippen LogP contribution in [0, 0.1) is 6.92 Å². The standard InChI is InChI=1S/C13H22N2OS/c1-4-17-7-5-6-14-10-12-9-13(16-3)8-11(2)15-12/h8-9,14H,4-7,10H2,1-3H3. The predicted molar refractivity (Wildman–Crippen MR) is 74.8 cm³/mol. The van der Waals surface area contributed by atoms with E-state index in [1.807, 2.05) is 30.8 Å². The van der Waals surface area contributed by atoms with Crippen molar-refractivity contribution in [2.75, 3.05) is 25.2 Å². The number of hydrogen-bond acceptors (Lipinski definition) is 4. The topological polar surface area (TPSA) is 34.1 Å². The molecule has 0 spiro atoms. The summed E-state index contributed by atoms with van der Waals surface area (Å²) in [6, 6.07) is 3.93. The normalized spacial score (nSPS) is 10.5. The number of aromatic nitrogens is 1. The Morgan fingerprint density at radius 2 is 2.24 bits per heavy atom. The summed E-state index contributed by atoms with van der Waals surface area (Å²) >= 11 is 1.99. The molecule has 1 aromatic heterocycles. The van der Waals surface area contributed by atoms with Gasteiger partial charge in [0.15, 0.2) is 0 Å². The highest BCUT2D eigenvalue weighted by Crippen LogP contribution is 2.13. The van der Waals surface area contributed by atoms with E-state index in [0.717, 1.165) is 30.2 Å². The van der Waals surface area contributed by atoms with Crippen LogP contribution >= 0.6 is 11.8 Å². The Labute approximate surface area is 108 Å². The lowest BCUT2D eigenvalue weighted by molar-refractivity contribution is 0.412. The smallest absolute Gasteiger partial charge is 0.122 e. The van der Waals surface area contributed by atoms with Gasteiger partial charge < -0.3 is 10.1 Å². The van der Waals surface area contributed by atoms with Crippen molar-refractivity contribution in [2.45, 2.75) is 26.8 Å². The van der Waals surface area contributed by atoms with Gasteiger partial charge in [0.25, 0.3) is 0 Å². The van der Waals surface area contributed by atoms with Gasteiger partial charge >= 0.3 is 0 Å². The first kappa shape index (κ1) is 14.3. The number of aryl methyl sites for hydroxylation is 1. The summed E-state index contributed by atoms with van der Waals surface area (Å²) in [5.74, 6) is 3.32. The minimum absolute atomic E-state index is 0.814.